The summed E-state index contributed by atoms with van der Waals surface area (Å²) in [4.78, 5) is 15.6. The van der Waals surface area contributed by atoms with Crippen molar-refractivity contribution in [2.24, 2.45) is 5.73 Å². The summed E-state index contributed by atoms with van der Waals surface area (Å²) in [6, 6.07) is 14.7. The van der Waals surface area contributed by atoms with E-state index in [9.17, 15) is 18.4 Å². The van der Waals surface area contributed by atoms with E-state index in [2.05, 4.69) is 4.98 Å². The molecule has 0 unspecified atom stereocenters. The largest absolute Gasteiger partial charge is 0.440 e. The lowest BCUT2D eigenvalue weighted by molar-refractivity contribution is -0.0392. The van der Waals surface area contributed by atoms with E-state index < -0.39 is 15.9 Å². The highest BCUT2D eigenvalue weighted by atomic mass is 32.2. The Labute approximate surface area is 162 Å². The molecule has 0 saturated carbocycles. The molecule has 0 spiro atoms. The van der Waals surface area contributed by atoms with E-state index >= 15 is 0 Å². The van der Waals surface area contributed by atoms with Crippen LogP contribution in [-0.4, -0.2) is 42.5 Å². The van der Waals surface area contributed by atoms with Crippen LogP contribution >= 0.6 is 0 Å². The van der Waals surface area contributed by atoms with Crippen LogP contribution in [0, 0.1) is 0 Å². The minimum atomic E-state index is -3.31. The summed E-state index contributed by atoms with van der Waals surface area (Å²) in [5.74, 6) is 0.770. The Morgan fingerprint density at radius 1 is 1.11 bits per heavy atom. The molecule has 8 nitrogen and oxygen atoms in total. The van der Waals surface area contributed by atoms with Crippen molar-refractivity contribution < 1.29 is 22.8 Å². The van der Waals surface area contributed by atoms with Crippen molar-refractivity contribution >= 4 is 15.9 Å². The lowest BCUT2D eigenvalue weighted by atomic mass is 10.1. The molecular formula is C19H19N3O5S. The summed E-state index contributed by atoms with van der Waals surface area (Å²) in [7, 11) is -3.31. The third kappa shape index (κ3) is 4.38. The zero-order valence-electron chi connectivity index (χ0n) is 15.1. The first kappa shape index (κ1) is 19.6. The molecule has 0 saturated heterocycles. The highest BCUT2D eigenvalue weighted by Gasteiger charge is 2.18. The number of urea groups is 1. The van der Waals surface area contributed by atoms with Gasteiger partial charge in [0.25, 0.3) is 0 Å². The van der Waals surface area contributed by atoms with Crippen LogP contribution in [0.15, 0.2) is 63.9 Å². The molecule has 0 aliphatic rings. The number of nitrogens with two attached hydrogens (primary N) is 1. The number of rotatable bonds is 6. The molecule has 3 rings (SSSR count). The molecule has 0 radical (unpaired) electrons. The Kier molecular flexibility index (Phi) is 5.48. The van der Waals surface area contributed by atoms with Gasteiger partial charge in [-0.25, -0.2) is 23.3 Å². The fourth-order valence-electron chi connectivity index (χ4n) is 2.62. The number of carbonyl (C=O) groups excluding carboxylic acids is 1. The maximum atomic E-state index is 11.7. The van der Waals surface area contributed by atoms with Gasteiger partial charge in [0.2, 0.25) is 0 Å². The molecule has 0 atom stereocenters. The number of hydroxylamine groups is 2. The lowest BCUT2D eigenvalue weighted by Gasteiger charge is -2.09. The number of primary amides is 1. The predicted octanol–water partition coefficient (Wildman–Crippen LogP) is 2.72. The number of oxazole rings is 1. The first-order chi connectivity index (χ1) is 13.3. The molecule has 1 heterocycles. The number of amides is 2. The molecule has 9 heteroatoms. The Morgan fingerprint density at radius 2 is 1.75 bits per heavy atom. The van der Waals surface area contributed by atoms with Gasteiger partial charge in [-0.1, -0.05) is 30.3 Å². The summed E-state index contributed by atoms with van der Waals surface area (Å²) in [5.41, 5.74) is 7.05. The van der Waals surface area contributed by atoms with Gasteiger partial charge in [-0.2, -0.15) is 0 Å². The van der Waals surface area contributed by atoms with Crippen molar-refractivity contribution in [3.8, 4) is 22.6 Å². The van der Waals surface area contributed by atoms with Crippen LogP contribution in [-0.2, 0) is 16.3 Å². The highest BCUT2D eigenvalue weighted by molar-refractivity contribution is 7.90. The Hall–Kier alpha value is -3.17. The third-order valence-corrected chi connectivity index (χ3v) is 5.18. The minimum absolute atomic E-state index is 0.0729. The predicted molar refractivity (Wildman–Crippen MR) is 102 cm³/mol. The molecular weight excluding hydrogens is 382 g/mol. The van der Waals surface area contributed by atoms with E-state index in [4.69, 9.17) is 10.2 Å². The Morgan fingerprint density at radius 3 is 2.32 bits per heavy atom. The van der Waals surface area contributed by atoms with E-state index in [0.717, 1.165) is 11.8 Å². The average molecular weight is 401 g/mol. The van der Waals surface area contributed by atoms with Crippen molar-refractivity contribution in [3.05, 3.63) is 60.5 Å². The van der Waals surface area contributed by atoms with Gasteiger partial charge >= 0.3 is 6.03 Å². The van der Waals surface area contributed by atoms with Gasteiger partial charge in [0.1, 0.15) is 5.69 Å². The monoisotopic (exact) mass is 401 g/mol. The van der Waals surface area contributed by atoms with Gasteiger partial charge in [0.15, 0.2) is 21.5 Å². The number of nitrogens with zero attached hydrogens (tertiary/aromatic N) is 2. The van der Waals surface area contributed by atoms with Crippen LogP contribution in [0.4, 0.5) is 4.79 Å². The summed E-state index contributed by atoms with van der Waals surface area (Å²) >= 11 is 0. The highest BCUT2D eigenvalue weighted by Crippen LogP contribution is 2.33. The van der Waals surface area contributed by atoms with Crippen LogP contribution in [0.2, 0.25) is 0 Å². The molecule has 2 aromatic carbocycles. The van der Waals surface area contributed by atoms with Crippen LogP contribution in [0.5, 0.6) is 0 Å². The van der Waals surface area contributed by atoms with E-state index in [0.29, 0.717) is 28.0 Å². The van der Waals surface area contributed by atoms with Crippen LogP contribution in [0.3, 0.4) is 0 Å². The number of hydrogen-bond acceptors (Lipinski definition) is 6. The van der Waals surface area contributed by atoms with Gasteiger partial charge in [-0.05, 0) is 24.3 Å². The second-order valence-corrected chi connectivity index (χ2v) is 8.18. The summed E-state index contributed by atoms with van der Waals surface area (Å²) in [5, 5.41) is 9.82. The molecule has 0 aliphatic heterocycles. The zero-order chi connectivity index (χ0) is 20.3. The smallest absolute Gasteiger partial charge is 0.338 e. The second kappa shape index (κ2) is 7.83. The quantitative estimate of drug-likeness (QED) is 0.483. The van der Waals surface area contributed by atoms with Crippen molar-refractivity contribution in [2.75, 3.05) is 12.8 Å². The molecule has 0 bridgehead atoms. The lowest BCUT2D eigenvalue weighted by Crippen LogP contribution is -2.34. The second-order valence-electron chi connectivity index (χ2n) is 6.16. The van der Waals surface area contributed by atoms with Crippen LogP contribution in [0.1, 0.15) is 5.89 Å². The summed E-state index contributed by atoms with van der Waals surface area (Å²) < 4.78 is 29.2. The topological polar surface area (TPSA) is 127 Å². The van der Waals surface area contributed by atoms with E-state index in [1.54, 1.807) is 12.1 Å². The van der Waals surface area contributed by atoms with Gasteiger partial charge in [0, 0.05) is 23.8 Å². The molecule has 2 amide bonds. The molecule has 1 aromatic heterocycles. The number of benzene rings is 2. The zero-order valence-corrected chi connectivity index (χ0v) is 15.9. The fraction of sp³-hybridized carbons (Fsp3) is 0.158. The minimum Gasteiger partial charge on any atom is -0.440 e. The number of hydrogen-bond donors (Lipinski definition) is 2. The standard InChI is InChI=1S/C19H19N3O5S/c1-28(25,26)15-9-7-14(8-10-15)18-17(13-5-3-2-4-6-13)21-16(27-18)11-12-22(24)19(20)23/h2-10,24H,11-12H2,1H3,(H2,20,23). The van der Waals surface area contributed by atoms with Crippen molar-refractivity contribution in [1.82, 2.24) is 10.0 Å². The maximum Gasteiger partial charge on any atom is 0.338 e. The molecule has 28 heavy (non-hydrogen) atoms. The number of carbonyl (C=O) groups is 1. The van der Waals surface area contributed by atoms with Gasteiger partial charge in [-0.15, -0.1) is 0 Å². The number of aromatic nitrogens is 1. The summed E-state index contributed by atoms with van der Waals surface area (Å²) in [6.45, 7) is -0.0729. The molecule has 3 aromatic rings. The van der Waals surface area contributed by atoms with E-state index in [-0.39, 0.29) is 17.9 Å². The molecule has 0 fully saturated rings. The van der Waals surface area contributed by atoms with Crippen LogP contribution < -0.4 is 5.73 Å². The first-order valence-corrected chi connectivity index (χ1v) is 10.3. The Balaban J connectivity index is 2.00. The normalized spacial score (nSPS) is 11.4. The number of sulfone groups is 1. The van der Waals surface area contributed by atoms with Gasteiger partial charge in [-0.3, -0.25) is 5.21 Å². The molecule has 0 aliphatic carbocycles. The molecule has 3 N–H and O–H groups in total. The average Bonchev–Trinajstić information content (AvgIpc) is 3.10. The maximum absolute atomic E-state index is 11.7. The SMILES string of the molecule is CS(=O)(=O)c1ccc(-c2oc(CCN(O)C(N)=O)nc2-c2ccccc2)cc1. The van der Waals surface area contributed by atoms with Crippen molar-refractivity contribution in [2.45, 2.75) is 11.3 Å². The van der Waals surface area contributed by atoms with Crippen LogP contribution in [0.25, 0.3) is 22.6 Å². The van der Waals surface area contributed by atoms with Gasteiger partial charge < -0.3 is 10.2 Å². The van der Waals surface area contributed by atoms with Crippen molar-refractivity contribution in [1.29, 1.82) is 0 Å². The van der Waals surface area contributed by atoms with E-state index in [1.165, 1.54) is 12.1 Å². The van der Waals surface area contributed by atoms with Gasteiger partial charge in [0.05, 0.1) is 11.4 Å². The first-order valence-electron chi connectivity index (χ1n) is 8.37. The fourth-order valence-corrected chi connectivity index (χ4v) is 3.25. The Bertz CT molecular complexity index is 1080. The third-order valence-electron chi connectivity index (χ3n) is 4.06. The summed E-state index contributed by atoms with van der Waals surface area (Å²) in [6.07, 6.45) is 1.30. The van der Waals surface area contributed by atoms with Crippen molar-refractivity contribution in [3.63, 3.8) is 0 Å². The molecule has 146 valence electrons. The van der Waals surface area contributed by atoms with E-state index in [1.807, 2.05) is 30.3 Å².